The van der Waals surface area contributed by atoms with E-state index < -0.39 is 0 Å². The van der Waals surface area contributed by atoms with Crippen molar-refractivity contribution in [2.24, 2.45) is 5.92 Å². The van der Waals surface area contributed by atoms with Crippen LogP contribution < -0.4 is 5.32 Å². The standard InChI is InChI=1S/C13H29N3/c1-15(2)10-4-8-14-9-5-13-6-11-16(3)12-7-13/h13-14H,4-12H2,1-3H3. The van der Waals surface area contributed by atoms with E-state index in [9.17, 15) is 0 Å². The van der Waals surface area contributed by atoms with E-state index in [1.54, 1.807) is 0 Å². The zero-order chi connectivity index (χ0) is 11.8. The topological polar surface area (TPSA) is 18.5 Å². The number of piperidine rings is 1. The van der Waals surface area contributed by atoms with Gasteiger partial charge in [0.15, 0.2) is 0 Å². The van der Waals surface area contributed by atoms with E-state index in [4.69, 9.17) is 0 Å². The number of hydrogen-bond donors (Lipinski definition) is 1. The largest absolute Gasteiger partial charge is 0.317 e. The zero-order valence-corrected chi connectivity index (χ0v) is 11.3. The second-order valence-electron chi connectivity index (χ2n) is 5.44. The summed E-state index contributed by atoms with van der Waals surface area (Å²) in [5.41, 5.74) is 0. The van der Waals surface area contributed by atoms with Crippen molar-refractivity contribution < 1.29 is 0 Å². The summed E-state index contributed by atoms with van der Waals surface area (Å²) in [6.45, 7) is 6.17. The van der Waals surface area contributed by atoms with Crippen LogP contribution in [-0.4, -0.2) is 63.7 Å². The molecular weight excluding hydrogens is 198 g/mol. The molecule has 1 saturated heterocycles. The average molecular weight is 227 g/mol. The summed E-state index contributed by atoms with van der Waals surface area (Å²) in [6.07, 6.45) is 5.43. The molecule has 96 valence electrons. The molecule has 1 N–H and O–H groups in total. The van der Waals surface area contributed by atoms with Crippen LogP contribution in [0.5, 0.6) is 0 Å². The fourth-order valence-electron chi connectivity index (χ4n) is 2.30. The molecule has 0 aliphatic carbocycles. The van der Waals surface area contributed by atoms with E-state index in [1.807, 2.05) is 0 Å². The predicted molar refractivity (Wildman–Crippen MR) is 70.9 cm³/mol. The Balaban J connectivity index is 1.87. The molecule has 0 radical (unpaired) electrons. The third-order valence-electron chi connectivity index (χ3n) is 3.53. The number of nitrogens with zero attached hydrogens (tertiary/aromatic N) is 2. The first-order valence-electron chi connectivity index (χ1n) is 6.72. The van der Waals surface area contributed by atoms with E-state index in [-0.39, 0.29) is 0 Å². The molecule has 1 fully saturated rings. The fourth-order valence-corrected chi connectivity index (χ4v) is 2.30. The summed E-state index contributed by atoms with van der Waals surface area (Å²) in [6, 6.07) is 0. The molecule has 0 unspecified atom stereocenters. The SMILES string of the molecule is CN(C)CCCNCCC1CCN(C)CC1. The molecule has 0 saturated carbocycles. The first-order valence-corrected chi connectivity index (χ1v) is 6.72. The van der Waals surface area contributed by atoms with Gasteiger partial charge in [-0.3, -0.25) is 0 Å². The molecule has 0 aromatic carbocycles. The second kappa shape index (κ2) is 8.04. The van der Waals surface area contributed by atoms with Gasteiger partial charge in [0.25, 0.3) is 0 Å². The summed E-state index contributed by atoms with van der Waals surface area (Å²) in [5.74, 6) is 0.970. The Morgan fingerprint density at radius 2 is 1.88 bits per heavy atom. The van der Waals surface area contributed by atoms with Gasteiger partial charge in [-0.15, -0.1) is 0 Å². The van der Waals surface area contributed by atoms with Crippen molar-refractivity contribution in [1.29, 1.82) is 0 Å². The van der Waals surface area contributed by atoms with Crippen molar-refractivity contribution in [2.45, 2.75) is 25.7 Å². The van der Waals surface area contributed by atoms with Gasteiger partial charge in [0, 0.05) is 0 Å². The summed E-state index contributed by atoms with van der Waals surface area (Å²) in [5, 5.41) is 3.56. The van der Waals surface area contributed by atoms with Crippen LogP contribution in [0.3, 0.4) is 0 Å². The van der Waals surface area contributed by atoms with Gasteiger partial charge in [-0.05, 0) is 85.5 Å². The third kappa shape index (κ3) is 6.46. The van der Waals surface area contributed by atoms with Crippen molar-refractivity contribution in [3.8, 4) is 0 Å². The summed E-state index contributed by atoms with van der Waals surface area (Å²) >= 11 is 0. The maximum atomic E-state index is 3.56. The zero-order valence-electron chi connectivity index (χ0n) is 11.3. The van der Waals surface area contributed by atoms with Gasteiger partial charge < -0.3 is 15.1 Å². The van der Waals surface area contributed by atoms with Crippen LogP contribution in [0.4, 0.5) is 0 Å². The van der Waals surface area contributed by atoms with Crippen molar-refractivity contribution >= 4 is 0 Å². The van der Waals surface area contributed by atoms with Crippen LogP contribution in [0.2, 0.25) is 0 Å². The van der Waals surface area contributed by atoms with E-state index >= 15 is 0 Å². The first kappa shape index (κ1) is 13.9. The minimum Gasteiger partial charge on any atom is -0.317 e. The Kier molecular flexibility index (Phi) is 7.01. The minimum atomic E-state index is 0.970. The van der Waals surface area contributed by atoms with E-state index in [0.717, 1.165) is 5.92 Å². The van der Waals surface area contributed by atoms with Crippen LogP contribution in [0.25, 0.3) is 0 Å². The molecule has 0 aromatic heterocycles. The Labute approximate surface area is 101 Å². The number of hydrogen-bond acceptors (Lipinski definition) is 3. The highest BCUT2D eigenvalue weighted by Gasteiger charge is 2.15. The molecule has 0 amide bonds. The highest BCUT2D eigenvalue weighted by molar-refractivity contribution is 4.70. The smallest absolute Gasteiger partial charge is 0.00127 e. The number of rotatable bonds is 7. The lowest BCUT2D eigenvalue weighted by Crippen LogP contribution is -2.32. The van der Waals surface area contributed by atoms with Crippen molar-refractivity contribution in [3.05, 3.63) is 0 Å². The minimum absolute atomic E-state index is 0.970. The molecule has 1 rings (SSSR count). The number of nitrogens with one attached hydrogen (secondary N) is 1. The molecule has 1 aliphatic rings. The molecule has 3 nitrogen and oxygen atoms in total. The van der Waals surface area contributed by atoms with Gasteiger partial charge >= 0.3 is 0 Å². The molecule has 3 heteroatoms. The van der Waals surface area contributed by atoms with Crippen molar-refractivity contribution in [2.75, 3.05) is 53.9 Å². The molecule has 1 aliphatic heterocycles. The molecular formula is C13H29N3. The molecule has 1 heterocycles. The monoisotopic (exact) mass is 227 g/mol. The maximum absolute atomic E-state index is 3.56. The summed E-state index contributed by atoms with van der Waals surface area (Å²) in [4.78, 5) is 4.69. The highest BCUT2D eigenvalue weighted by Crippen LogP contribution is 2.18. The quantitative estimate of drug-likeness (QED) is 0.661. The average Bonchev–Trinajstić information content (AvgIpc) is 2.25. The third-order valence-corrected chi connectivity index (χ3v) is 3.53. The van der Waals surface area contributed by atoms with Crippen LogP contribution >= 0.6 is 0 Å². The van der Waals surface area contributed by atoms with E-state index in [2.05, 4.69) is 36.3 Å². The maximum Gasteiger partial charge on any atom is -0.00127 e. The Hall–Kier alpha value is -0.120. The predicted octanol–water partition coefficient (Wildman–Crippen LogP) is 1.26. The van der Waals surface area contributed by atoms with Gasteiger partial charge in [0.1, 0.15) is 0 Å². The molecule has 0 bridgehead atoms. The van der Waals surface area contributed by atoms with Gasteiger partial charge in [0.05, 0.1) is 0 Å². The van der Waals surface area contributed by atoms with Crippen molar-refractivity contribution in [3.63, 3.8) is 0 Å². The van der Waals surface area contributed by atoms with Gasteiger partial charge in [-0.1, -0.05) is 0 Å². The molecule has 16 heavy (non-hydrogen) atoms. The Morgan fingerprint density at radius 3 is 2.50 bits per heavy atom. The lowest BCUT2D eigenvalue weighted by atomic mass is 9.94. The fraction of sp³-hybridized carbons (Fsp3) is 1.00. The molecule has 0 aromatic rings. The first-order chi connectivity index (χ1) is 7.68. The van der Waals surface area contributed by atoms with Crippen LogP contribution in [-0.2, 0) is 0 Å². The second-order valence-corrected chi connectivity index (χ2v) is 5.44. The van der Waals surface area contributed by atoms with E-state index in [1.165, 1.54) is 58.4 Å². The lowest BCUT2D eigenvalue weighted by Gasteiger charge is -2.28. The summed E-state index contributed by atoms with van der Waals surface area (Å²) < 4.78 is 0. The Bertz CT molecular complexity index is 163. The highest BCUT2D eigenvalue weighted by atomic mass is 15.1. The Morgan fingerprint density at radius 1 is 1.19 bits per heavy atom. The van der Waals surface area contributed by atoms with Crippen LogP contribution in [0.15, 0.2) is 0 Å². The molecule has 0 spiro atoms. The number of likely N-dealkylation sites (tertiary alicyclic amines) is 1. The van der Waals surface area contributed by atoms with E-state index in [0.29, 0.717) is 0 Å². The molecule has 0 atom stereocenters. The van der Waals surface area contributed by atoms with Gasteiger partial charge in [0.2, 0.25) is 0 Å². The normalized spacial score (nSPS) is 19.5. The van der Waals surface area contributed by atoms with Crippen molar-refractivity contribution in [1.82, 2.24) is 15.1 Å². The van der Waals surface area contributed by atoms with Gasteiger partial charge in [-0.25, -0.2) is 0 Å². The summed E-state index contributed by atoms with van der Waals surface area (Å²) in [7, 11) is 6.51. The van der Waals surface area contributed by atoms with Crippen LogP contribution in [0, 0.1) is 5.92 Å². The lowest BCUT2D eigenvalue weighted by molar-refractivity contribution is 0.211. The van der Waals surface area contributed by atoms with Gasteiger partial charge in [-0.2, -0.15) is 0 Å². The van der Waals surface area contributed by atoms with Crippen LogP contribution in [0.1, 0.15) is 25.7 Å².